The lowest BCUT2D eigenvalue weighted by Crippen LogP contribution is -2.15. The Morgan fingerprint density at radius 1 is 1.36 bits per heavy atom. The zero-order chi connectivity index (χ0) is 10.8. The van der Waals surface area contributed by atoms with Crippen LogP contribution in [-0.2, 0) is 5.60 Å². The van der Waals surface area contributed by atoms with E-state index in [1.54, 1.807) is 38.1 Å². The fourth-order valence-electron chi connectivity index (χ4n) is 1.22. The van der Waals surface area contributed by atoms with E-state index in [1.807, 2.05) is 6.92 Å². The molecule has 0 spiro atoms. The summed E-state index contributed by atoms with van der Waals surface area (Å²) < 4.78 is 13.4. The lowest BCUT2D eigenvalue weighted by atomic mass is 9.97. The highest BCUT2D eigenvalue weighted by Crippen LogP contribution is 2.22. The van der Waals surface area contributed by atoms with E-state index in [0.29, 0.717) is 11.1 Å². The lowest BCUT2D eigenvalue weighted by molar-refractivity contribution is 0.0782. The fourth-order valence-corrected chi connectivity index (χ4v) is 1.22. The van der Waals surface area contributed by atoms with E-state index in [2.05, 4.69) is 0 Å². The molecule has 0 fully saturated rings. The molecule has 76 valence electrons. The molecule has 0 saturated heterocycles. The van der Waals surface area contributed by atoms with E-state index >= 15 is 0 Å². The largest absolute Gasteiger partial charge is 0.386 e. The van der Waals surface area contributed by atoms with Crippen molar-refractivity contribution in [3.8, 4) is 0 Å². The second-order valence-electron chi connectivity index (χ2n) is 3.80. The first-order valence-electron chi connectivity index (χ1n) is 4.60. The van der Waals surface area contributed by atoms with Crippen LogP contribution in [0.1, 0.15) is 31.9 Å². The normalized spacial score (nSPS) is 12.4. The Bertz CT molecular complexity index is 348. The van der Waals surface area contributed by atoms with Crippen molar-refractivity contribution in [1.29, 1.82) is 0 Å². The zero-order valence-electron chi connectivity index (χ0n) is 8.71. The SMILES string of the molecule is CC=Cc1ccc(C(C)(C)O)cc1F. The molecule has 0 radical (unpaired) electrons. The number of aliphatic hydroxyl groups is 1. The molecular weight excluding hydrogens is 179 g/mol. The summed E-state index contributed by atoms with van der Waals surface area (Å²) in [5.41, 5.74) is 0.138. The van der Waals surface area contributed by atoms with Gasteiger partial charge in [0.15, 0.2) is 0 Å². The molecule has 0 amide bonds. The minimum absolute atomic E-state index is 0.303. The van der Waals surface area contributed by atoms with E-state index in [1.165, 1.54) is 6.07 Å². The van der Waals surface area contributed by atoms with Crippen LogP contribution in [0.5, 0.6) is 0 Å². The lowest BCUT2D eigenvalue weighted by Gasteiger charge is -2.17. The van der Waals surface area contributed by atoms with Crippen molar-refractivity contribution in [3.05, 3.63) is 41.2 Å². The number of hydrogen-bond acceptors (Lipinski definition) is 1. The summed E-state index contributed by atoms with van der Waals surface area (Å²) >= 11 is 0. The van der Waals surface area contributed by atoms with E-state index in [-0.39, 0.29) is 5.82 Å². The van der Waals surface area contributed by atoms with Crippen LogP contribution < -0.4 is 0 Å². The number of rotatable bonds is 2. The first kappa shape index (κ1) is 10.9. The van der Waals surface area contributed by atoms with Crippen molar-refractivity contribution in [1.82, 2.24) is 0 Å². The van der Waals surface area contributed by atoms with Gasteiger partial charge < -0.3 is 5.11 Å². The van der Waals surface area contributed by atoms with Crippen molar-refractivity contribution in [2.24, 2.45) is 0 Å². The Kier molecular flexibility index (Phi) is 3.06. The van der Waals surface area contributed by atoms with Gasteiger partial charge in [0.25, 0.3) is 0 Å². The zero-order valence-corrected chi connectivity index (χ0v) is 8.71. The summed E-state index contributed by atoms with van der Waals surface area (Å²) in [6, 6.07) is 4.77. The van der Waals surface area contributed by atoms with Crippen LogP contribution in [0, 0.1) is 5.82 Å². The molecule has 0 saturated carbocycles. The van der Waals surface area contributed by atoms with Crippen molar-refractivity contribution >= 4 is 6.08 Å². The Balaban J connectivity index is 3.13. The number of halogens is 1. The molecule has 0 aliphatic rings. The van der Waals surface area contributed by atoms with Crippen LogP contribution in [0.4, 0.5) is 4.39 Å². The Morgan fingerprint density at radius 3 is 2.43 bits per heavy atom. The molecular formula is C12H15FO. The van der Waals surface area contributed by atoms with Crippen LogP contribution in [0.3, 0.4) is 0 Å². The molecule has 1 N–H and O–H groups in total. The van der Waals surface area contributed by atoms with Gasteiger partial charge in [-0.15, -0.1) is 0 Å². The highest BCUT2D eigenvalue weighted by molar-refractivity contribution is 5.50. The second kappa shape index (κ2) is 3.93. The van der Waals surface area contributed by atoms with Crippen LogP contribution in [0.15, 0.2) is 24.3 Å². The maximum atomic E-state index is 13.4. The average molecular weight is 194 g/mol. The van der Waals surface area contributed by atoms with E-state index in [9.17, 15) is 9.50 Å². The maximum Gasteiger partial charge on any atom is 0.130 e. The van der Waals surface area contributed by atoms with Gasteiger partial charge in [0, 0.05) is 5.56 Å². The summed E-state index contributed by atoms with van der Waals surface area (Å²) in [4.78, 5) is 0. The third kappa shape index (κ3) is 2.42. The van der Waals surface area contributed by atoms with Gasteiger partial charge in [-0.05, 0) is 32.4 Å². The number of hydrogen-bond donors (Lipinski definition) is 1. The maximum absolute atomic E-state index is 13.4. The number of allylic oxidation sites excluding steroid dienone is 1. The average Bonchev–Trinajstić information content (AvgIpc) is 2.07. The molecule has 0 atom stereocenters. The molecule has 1 aromatic rings. The Morgan fingerprint density at radius 2 is 2.00 bits per heavy atom. The van der Waals surface area contributed by atoms with Gasteiger partial charge in [-0.2, -0.15) is 0 Å². The van der Waals surface area contributed by atoms with Crippen molar-refractivity contribution < 1.29 is 9.50 Å². The van der Waals surface area contributed by atoms with E-state index < -0.39 is 5.60 Å². The molecule has 1 rings (SSSR count). The van der Waals surface area contributed by atoms with E-state index in [4.69, 9.17) is 0 Å². The van der Waals surface area contributed by atoms with Gasteiger partial charge in [0.1, 0.15) is 5.82 Å². The van der Waals surface area contributed by atoms with Gasteiger partial charge in [0.05, 0.1) is 5.60 Å². The van der Waals surface area contributed by atoms with Gasteiger partial charge >= 0.3 is 0 Å². The van der Waals surface area contributed by atoms with Gasteiger partial charge in [-0.25, -0.2) is 4.39 Å². The highest BCUT2D eigenvalue weighted by atomic mass is 19.1. The highest BCUT2D eigenvalue weighted by Gasteiger charge is 2.16. The van der Waals surface area contributed by atoms with Crippen LogP contribution in [0.2, 0.25) is 0 Å². The standard InChI is InChI=1S/C12H15FO/c1-4-5-9-6-7-10(8-11(9)13)12(2,3)14/h4-8,14H,1-3H3. The minimum atomic E-state index is -0.991. The quantitative estimate of drug-likeness (QED) is 0.767. The first-order chi connectivity index (χ1) is 6.45. The van der Waals surface area contributed by atoms with Gasteiger partial charge in [0.2, 0.25) is 0 Å². The van der Waals surface area contributed by atoms with Crippen LogP contribution in [-0.4, -0.2) is 5.11 Å². The third-order valence-electron chi connectivity index (χ3n) is 2.05. The minimum Gasteiger partial charge on any atom is -0.386 e. The monoisotopic (exact) mass is 194 g/mol. The molecule has 0 bridgehead atoms. The first-order valence-corrected chi connectivity index (χ1v) is 4.60. The summed E-state index contributed by atoms with van der Waals surface area (Å²) in [6.45, 7) is 5.11. The summed E-state index contributed by atoms with van der Waals surface area (Å²) in [7, 11) is 0. The molecule has 0 aliphatic heterocycles. The molecule has 0 aromatic heterocycles. The predicted molar refractivity (Wildman–Crippen MR) is 56.4 cm³/mol. The summed E-state index contributed by atoms with van der Waals surface area (Å²) in [5, 5.41) is 9.65. The fraction of sp³-hybridized carbons (Fsp3) is 0.333. The van der Waals surface area contributed by atoms with Crippen LogP contribution in [0.25, 0.3) is 6.08 Å². The molecule has 0 aliphatic carbocycles. The second-order valence-corrected chi connectivity index (χ2v) is 3.80. The third-order valence-corrected chi connectivity index (χ3v) is 2.05. The molecule has 2 heteroatoms. The molecule has 14 heavy (non-hydrogen) atoms. The van der Waals surface area contributed by atoms with Gasteiger partial charge in [-0.1, -0.05) is 24.3 Å². The van der Waals surface area contributed by atoms with Gasteiger partial charge in [-0.3, -0.25) is 0 Å². The molecule has 1 aromatic carbocycles. The molecule has 0 heterocycles. The Hall–Kier alpha value is -1.15. The molecule has 1 nitrogen and oxygen atoms in total. The molecule has 0 unspecified atom stereocenters. The topological polar surface area (TPSA) is 20.2 Å². The van der Waals surface area contributed by atoms with E-state index in [0.717, 1.165) is 0 Å². The summed E-state index contributed by atoms with van der Waals surface area (Å²) in [5.74, 6) is -0.303. The Labute approximate surface area is 83.9 Å². The number of benzene rings is 1. The van der Waals surface area contributed by atoms with Crippen molar-refractivity contribution in [2.45, 2.75) is 26.4 Å². The van der Waals surface area contributed by atoms with Crippen molar-refractivity contribution in [2.75, 3.05) is 0 Å². The van der Waals surface area contributed by atoms with Crippen molar-refractivity contribution in [3.63, 3.8) is 0 Å². The smallest absolute Gasteiger partial charge is 0.130 e. The predicted octanol–water partition coefficient (Wildman–Crippen LogP) is 3.09. The van der Waals surface area contributed by atoms with Crippen LogP contribution >= 0.6 is 0 Å². The summed E-state index contributed by atoms with van der Waals surface area (Å²) in [6.07, 6.45) is 3.48.